The van der Waals surface area contributed by atoms with Gasteiger partial charge in [-0.25, -0.2) is 4.98 Å². The summed E-state index contributed by atoms with van der Waals surface area (Å²) in [4.78, 5) is 33.6. The summed E-state index contributed by atoms with van der Waals surface area (Å²) in [5, 5.41) is 4.35. The lowest BCUT2D eigenvalue weighted by molar-refractivity contribution is -0.129. The summed E-state index contributed by atoms with van der Waals surface area (Å²) in [5.74, 6) is 1.43. The minimum atomic E-state index is -0.473. The summed E-state index contributed by atoms with van der Waals surface area (Å²) in [6, 6.07) is 12.2. The van der Waals surface area contributed by atoms with Crippen molar-refractivity contribution in [2.24, 2.45) is 18.2 Å². The van der Waals surface area contributed by atoms with Gasteiger partial charge in [0.05, 0.1) is 24.4 Å². The van der Waals surface area contributed by atoms with Gasteiger partial charge in [0, 0.05) is 54.6 Å². The molecule has 44 heavy (non-hydrogen) atoms. The van der Waals surface area contributed by atoms with Crippen molar-refractivity contribution in [3.8, 4) is 17.3 Å². The van der Waals surface area contributed by atoms with Gasteiger partial charge in [0.1, 0.15) is 11.3 Å². The van der Waals surface area contributed by atoms with Crippen molar-refractivity contribution in [3.63, 3.8) is 0 Å². The molecule has 4 heterocycles. The van der Waals surface area contributed by atoms with Gasteiger partial charge in [-0.15, -0.1) is 0 Å². The van der Waals surface area contributed by atoms with Gasteiger partial charge in [0.15, 0.2) is 5.82 Å². The molecule has 0 aliphatic carbocycles. The van der Waals surface area contributed by atoms with Crippen LogP contribution in [0.2, 0.25) is 0 Å². The van der Waals surface area contributed by atoms with Gasteiger partial charge in [-0.3, -0.25) is 9.59 Å². The molecule has 3 N–H and O–H groups in total. The van der Waals surface area contributed by atoms with Crippen LogP contribution in [-0.2, 0) is 18.4 Å². The third kappa shape index (κ3) is 5.49. The van der Waals surface area contributed by atoms with Gasteiger partial charge in [-0.1, -0.05) is 38.1 Å². The number of likely N-dealkylation sites (tertiary alicyclic amines) is 1. The predicted octanol–water partition coefficient (Wildman–Crippen LogP) is 5.71. The van der Waals surface area contributed by atoms with E-state index >= 15 is 0 Å². The number of fused-ring (bicyclic) bond motifs is 2. The van der Waals surface area contributed by atoms with Gasteiger partial charge in [0.25, 0.3) is 5.91 Å². The number of nitrogens with zero attached hydrogens (tertiary/aromatic N) is 4. The third-order valence-electron chi connectivity index (χ3n) is 9.31. The Labute approximate surface area is 259 Å². The Morgan fingerprint density at radius 2 is 1.93 bits per heavy atom. The monoisotopic (exact) mass is 596 g/mol. The van der Waals surface area contributed by atoms with Crippen molar-refractivity contribution in [1.29, 1.82) is 0 Å². The number of imidazole rings is 1. The van der Waals surface area contributed by atoms with E-state index in [0.29, 0.717) is 36.3 Å². The number of hydrogen-bond donors (Lipinski definition) is 2. The molecule has 9 nitrogen and oxygen atoms in total. The normalized spacial score (nSPS) is 21.8. The molecule has 2 amide bonds. The largest absolute Gasteiger partial charge is 0.494 e. The summed E-state index contributed by atoms with van der Waals surface area (Å²) >= 11 is 0. The number of allylic oxidation sites excluding steroid dienone is 2. The van der Waals surface area contributed by atoms with Crippen molar-refractivity contribution >= 4 is 33.8 Å². The number of ether oxygens (including phenoxy) is 1. The number of aryl methyl sites for hydroxylation is 2. The maximum atomic E-state index is 13.5. The zero-order chi connectivity index (χ0) is 31.2. The minimum absolute atomic E-state index is 0.00615. The number of carbonyl (C=O) groups is 2. The summed E-state index contributed by atoms with van der Waals surface area (Å²) < 4.78 is 10.2. The zero-order valence-corrected chi connectivity index (χ0v) is 26.5. The van der Waals surface area contributed by atoms with Crippen LogP contribution in [0.25, 0.3) is 33.5 Å². The molecule has 6 rings (SSSR count). The van der Waals surface area contributed by atoms with Crippen LogP contribution in [0.15, 0.2) is 48.6 Å². The van der Waals surface area contributed by atoms with Crippen LogP contribution < -0.4 is 15.8 Å². The number of nitrogens with two attached hydrogens (primary N) is 1. The van der Waals surface area contributed by atoms with E-state index in [0.717, 1.165) is 65.7 Å². The van der Waals surface area contributed by atoms with Crippen LogP contribution in [0.1, 0.15) is 74.8 Å². The number of carbonyl (C=O) groups excluding carboxylic acids is 2. The van der Waals surface area contributed by atoms with Gasteiger partial charge in [-0.05, 0) is 68.9 Å². The first-order valence-electron chi connectivity index (χ1n) is 15.8. The van der Waals surface area contributed by atoms with E-state index in [9.17, 15) is 9.59 Å². The predicted molar refractivity (Wildman–Crippen MR) is 175 cm³/mol. The molecule has 2 aromatic heterocycles. The van der Waals surface area contributed by atoms with E-state index in [-0.39, 0.29) is 23.9 Å². The molecule has 2 aromatic carbocycles. The number of hydrogen-bond acceptors (Lipinski definition) is 5. The molecule has 0 saturated carbocycles. The number of amides is 2. The van der Waals surface area contributed by atoms with E-state index in [1.165, 1.54) is 0 Å². The lowest BCUT2D eigenvalue weighted by atomic mass is 9.87. The van der Waals surface area contributed by atoms with E-state index in [1.54, 1.807) is 7.11 Å². The topological polar surface area (TPSA) is 107 Å². The highest BCUT2D eigenvalue weighted by Crippen LogP contribution is 2.36. The minimum Gasteiger partial charge on any atom is -0.494 e. The van der Waals surface area contributed by atoms with Crippen molar-refractivity contribution in [3.05, 3.63) is 59.7 Å². The Balaban J connectivity index is 1.44. The lowest BCUT2D eigenvalue weighted by Crippen LogP contribution is -2.45. The van der Waals surface area contributed by atoms with E-state index in [2.05, 4.69) is 50.9 Å². The number of rotatable bonds is 3. The molecule has 9 heteroatoms. The Morgan fingerprint density at radius 1 is 1.11 bits per heavy atom. The van der Waals surface area contributed by atoms with Crippen LogP contribution in [0.4, 0.5) is 0 Å². The Bertz CT molecular complexity index is 1760. The molecule has 0 radical (unpaired) electrons. The number of piperidine rings is 1. The second kappa shape index (κ2) is 11.8. The van der Waals surface area contributed by atoms with E-state index in [1.807, 2.05) is 44.9 Å². The fourth-order valence-electron chi connectivity index (χ4n) is 6.59. The number of benzene rings is 2. The highest BCUT2D eigenvalue weighted by atomic mass is 16.5. The maximum Gasteiger partial charge on any atom is 0.254 e. The van der Waals surface area contributed by atoms with Gasteiger partial charge in [0.2, 0.25) is 5.91 Å². The molecule has 232 valence electrons. The van der Waals surface area contributed by atoms with Gasteiger partial charge >= 0.3 is 0 Å². The summed E-state index contributed by atoms with van der Waals surface area (Å²) in [5.41, 5.74) is 11.0. The molecule has 1 saturated heterocycles. The summed E-state index contributed by atoms with van der Waals surface area (Å²) in [7, 11) is 3.63. The molecular formula is C35H44N6O3. The standard InChI is InChI=1S/C35H44N6O3/c1-22-23-12-13-24-19-29(41(28(24)18-23)16-9-7-6-8-14-35(2,3)34(43)37-22)32-38-27-17-25(20-30(44-5)31(27)39(32)4)33(42)40-15-10-11-26(36)21-40/h6,8,12-13,17-20,22,26H,7,9-11,14-16,21,36H2,1-5H3,(H,37,43)/b8-6+/t22-,26-/m1/s1. The fourth-order valence-corrected chi connectivity index (χ4v) is 6.59. The average Bonchev–Trinajstić information content (AvgIpc) is 3.53. The van der Waals surface area contributed by atoms with Crippen LogP contribution >= 0.6 is 0 Å². The van der Waals surface area contributed by atoms with Crippen molar-refractivity contribution in [2.75, 3.05) is 20.2 Å². The first kappa shape index (κ1) is 29.9. The van der Waals surface area contributed by atoms with Crippen molar-refractivity contribution in [2.45, 2.75) is 71.5 Å². The van der Waals surface area contributed by atoms with E-state index < -0.39 is 5.41 Å². The Hall–Kier alpha value is -4.11. The number of nitrogens with one attached hydrogen (secondary N) is 1. The van der Waals surface area contributed by atoms with Gasteiger partial charge < -0.3 is 29.8 Å². The second-order valence-corrected chi connectivity index (χ2v) is 13.1. The lowest BCUT2D eigenvalue weighted by Gasteiger charge is -2.30. The highest BCUT2D eigenvalue weighted by Gasteiger charge is 2.29. The number of methoxy groups -OCH3 is 1. The number of aromatic nitrogens is 3. The third-order valence-corrected chi connectivity index (χ3v) is 9.31. The SMILES string of the molecule is COc1cc(C(=O)N2CCC[C@@H](N)C2)cc2nc(-c3cc4ccc5cc4n3CCC/C=C/CC(C)(C)C(=O)N[C@@H]5C)n(C)c12. The molecule has 0 unspecified atom stereocenters. The fraction of sp³-hybridized carbons (Fsp3) is 0.457. The van der Waals surface area contributed by atoms with Crippen LogP contribution in [0, 0.1) is 5.41 Å². The molecule has 2 atom stereocenters. The summed E-state index contributed by atoms with van der Waals surface area (Å²) in [6.45, 7) is 8.12. The van der Waals surface area contributed by atoms with Crippen molar-refractivity contribution < 1.29 is 14.3 Å². The smallest absolute Gasteiger partial charge is 0.254 e. The highest BCUT2D eigenvalue weighted by molar-refractivity contribution is 6.00. The van der Waals surface area contributed by atoms with Gasteiger partial charge in [-0.2, -0.15) is 0 Å². The molecule has 2 bridgehead atoms. The van der Waals surface area contributed by atoms with Crippen molar-refractivity contribution in [1.82, 2.24) is 24.3 Å². The van der Waals surface area contributed by atoms with Crippen LogP contribution in [-0.4, -0.2) is 57.1 Å². The quantitative estimate of drug-likeness (QED) is 0.295. The molecular weight excluding hydrogens is 552 g/mol. The summed E-state index contributed by atoms with van der Waals surface area (Å²) in [6.07, 6.45) is 8.72. The van der Waals surface area contributed by atoms with E-state index in [4.69, 9.17) is 15.5 Å². The maximum absolute atomic E-state index is 13.5. The zero-order valence-electron chi connectivity index (χ0n) is 26.5. The molecule has 2 aliphatic heterocycles. The second-order valence-electron chi connectivity index (χ2n) is 13.1. The average molecular weight is 597 g/mol. The Kier molecular flexibility index (Phi) is 8.01. The molecule has 1 fully saturated rings. The molecule has 0 spiro atoms. The molecule has 2 aliphatic rings. The first-order chi connectivity index (χ1) is 21.1. The van der Waals surface area contributed by atoms with Crippen LogP contribution in [0.3, 0.4) is 0 Å². The first-order valence-corrected chi connectivity index (χ1v) is 15.8. The Morgan fingerprint density at radius 3 is 2.70 bits per heavy atom. The van der Waals surface area contributed by atoms with Crippen LogP contribution in [0.5, 0.6) is 5.75 Å². The molecule has 4 aromatic rings.